The van der Waals surface area contributed by atoms with E-state index in [2.05, 4.69) is 14.9 Å². The molecule has 0 N–H and O–H groups in total. The first kappa shape index (κ1) is 15.5. The van der Waals surface area contributed by atoms with Crippen molar-refractivity contribution in [3.8, 4) is 0 Å². The normalized spacial score (nSPS) is 20.6. The maximum Gasteiger partial charge on any atom is 0.327 e. The minimum absolute atomic E-state index is 0.100. The molecule has 0 aliphatic carbocycles. The lowest BCUT2D eigenvalue weighted by molar-refractivity contribution is -0.133. The molecule has 0 atom stereocenters. The van der Waals surface area contributed by atoms with E-state index in [0.717, 1.165) is 11.6 Å². The zero-order valence-electron chi connectivity index (χ0n) is 14.0. The Kier molecular flexibility index (Phi) is 3.62. The highest BCUT2D eigenvalue weighted by Gasteiger charge is 2.55. The molecule has 23 heavy (non-hydrogen) atoms. The molecule has 8 nitrogen and oxygen atoms in total. The number of carbonyl (C=O) groups is 2. The molecule has 3 heterocycles. The summed E-state index contributed by atoms with van der Waals surface area (Å²) < 4.78 is 0. The number of imide groups is 1. The van der Waals surface area contributed by atoms with E-state index in [9.17, 15) is 9.59 Å². The molecule has 8 heteroatoms. The molecule has 2 aliphatic heterocycles. The van der Waals surface area contributed by atoms with Crippen LogP contribution < -0.4 is 9.80 Å². The molecule has 2 aliphatic rings. The lowest BCUT2D eigenvalue weighted by Gasteiger charge is -2.41. The van der Waals surface area contributed by atoms with Crippen LogP contribution in [-0.4, -0.2) is 78.5 Å². The summed E-state index contributed by atoms with van der Waals surface area (Å²) in [6.45, 7) is 1.33. The molecule has 3 amide bonds. The molecular formula is C15H22N6O2. The fraction of sp³-hybridized carbons (Fsp3) is 0.600. The molecule has 0 saturated carbocycles. The van der Waals surface area contributed by atoms with Crippen molar-refractivity contribution in [1.82, 2.24) is 19.8 Å². The number of urea groups is 1. The highest BCUT2D eigenvalue weighted by Crippen LogP contribution is 2.37. The first-order chi connectivity index (χ1) is 10.9. The fourth-order valence-corrected chi connectivity index (χ4v) is 3.45. The van der Waals surface area contributed by atoms with Crippen LogP contribution in [0.4, 0.5) is 16.4 Å². The van der Waals surface area contributed by atoms with E-state index in [0.29, 0.717) is 25.9 Å². The predicted octanol–water partition coefficient (Wildman–Crippen LogP) is 0.405. The van der Waals surface area contributed by atoms with Gasteiger partial charge in [0, 0.05) is 53.7 Å². The van der Waals surface area contributed by atoms with Crippen LogP contribution in [0.1, 0.15) is 12.8 Å². The second kappa shape index (κ2) is 5.36. The smallest absolute Gasteiger partial charge is 0.327 e. The van der Waals surface area contributed by atoms with E-state index in [1.165, 1.54) is 4.90 Å². The Morgan fingerprint density at radius 1 is 1.09 bits per heavy atom. The number of amides is 3. The molecule has 124 valence electrons. The largest absolute Gasteiger partial charge is 0.360 e. The van der Waals surface area contributed by atoms with Crippen LogP contribution in [0.15, 0.2) is 12.4 Å². The van der Waals surface area contributed by atoms with E-state index in [-0.39, 0.29) is 11.9 Å². The van der Waals surface area contributed by atoms with E-state index < -0.39 is 5.54 Å². The van der Waals surface area contributed by atoms with Gasteiger partial charge in [-0.1, -0.05) is 0 Å². The molecule has 1 aromatic heterocycles. The molecule has 2 saturated heterocycles. The number of hydrogen-bond acceptors (Lipinski definition) is 6. The molecular weight excluding hydrogens is 296 g/mol. The van der Waals surface area contributed by atoms with Crippen molar-refractivity contribution in [3.05, 3.63) is 12.4 Å². The van der Waals surface area contributed by atoms with E-state index in [1.807, 2.05) is 19.0 Å². The summed E-state index contributed by atoms with van der Waals surface area (Å²) in [5.74, 6) is 1.53. The molecule has 0 unspecified atom stereocenters. The number of aromatic nitrogens is 2. The van der Waals surface area contributed by atoms with E-state index >= 15 is 0 Å². The van der Waals surface area contributed by atoms with Crippen LogP contribution >= 0.6 is 0 Å². The van der Waals surface area contributed by atoms with Gasteiger partial charge < -0.3 is 14.7 Å². The van der Waals surface area contributed by atoms with Crippen molar-refractivity contribution >= 4 is 23.6 Å². The summed E-state index contributed by atoms with van der Waals surface area (Å²) in [6, 6.07) is -0.225. The van der Waals surface area contributed by atoms with Crippen molar-refractivity contribution in [1.29, 1.82) is 0 Å². The first-order valence-electron chi connectivity index (χ1n) is 7.68. The number of likely N-dealkylation sites (N-methyl/N-ethyl adjacent to an activating group) is 2. The fourth-order valence-electron chi connectivity index (χ4n) is 3.45. The van der Waals surface area contributed by atoms with Gasteiger partial charge in [-0.15, -0.1) is 0 Å². The van der Waals surface area contributed by atoms with Gasteiger partial charge in [-0.05, 0) is 12.8 Å². The SMILES string of the molecule is CN1C(=O)N(C)C2(CCN(c3nccnc3N(C)C)CC2)C1=O. The molecule has 0 aromatic carbocycles. The van der Waals surface area contributed by atoms with Crippen molar-refractivity contribution in [2.24, 2.45) is 0 Å². The Balaban J connectivity index is 1.82. The van der Waals surface area contributed by atoms with Crippen molar-refractivity contribution in [2.75, 3.05) is 51.1 Å². The number of piperidine rings is 1. The predicted molar refractivity (Wildman–Crippen MR) is 86.5 cm³/mol. The third-order valence-electron chi connectivity index (χ3n) is 4.89. The maximum atomic E-state index is 12.5. The number of carbonyl (C=O) groups excluding carboxylic acids is 2. The maximum absolute atomic E-state index is 12.5. The minimum atomic E-state index is -0.706. The summed E-state index contributed by atoms with van der Waals surface area (Å²) in [5, 5.41) is 0. The third-order valence-corrected chi connectivity index (χ3v) is 4.89. The standard InChI is InChI=1S/C15H22N6O2/c1-18(2)11-12(17-8-7-16-11)21-9-5-15(6-10-21)13(22)19(3)14(23)20(15)4/h7-8H,5-6,9-10H2,1-4H3. The highest BCUT2D eigenvalue weighted by atomic mass is 16.2. The van der Waals surface area contributed by atoms with Crippen LogP contribution in [-0.2, 0) is 4.79 Å². The lowest BCUT2D eigenvalue weighted by Crippen LogP contribution is -2.55. The van der Waals surface area contributed by atoms with Gasteiger partial charge in [0.15, 0.2) is 11.6 Å². The third kappa shape index (κ3) is 2.20. The topological polar surface area (TPSA) is 72.9 Å². The second-order valence-electron chi connectivity index (χ2n) is 6.32. The number of anilines is 2. The lowest BCUT2D eigenvalue weighted by atomic mass is 9.86. The Labute approximate surface area is 135 Å². The van der Waals surface area contributed by atoms with E-state index in [1.54, 1.807) is 31.4 Å². The number of rotatable bonds is 2. The average molecular weight is 318 g/mol. The summed E-state index contributed by atoms with van der Waals surface area (Å²) in [6.07, 6.45) is 4.55. The zero-order valence-corrected chi connectivity index (χ0v) is 14.0. The Morgan fingerprint density at radius 3 is 2.22 bits per heavy atom. The van der Waals surface area contributed by atoms with Crippen LogP contribution in [0.5, 0.6) is 0 Å². The van der Waals surface area contributed by atoms with Crippen molar-refractivity contribution < 1.29 is 9.59 Å². The second-order valence-corrected chi connectivity index (χ2v) is 6.32. The zero-order chi connectivity index (χ0) is 16.8. The van der Waals surface area contributed by atoms with Gasteiger partial charge in [-0.3, -0.25) is 9.69 Å². The molecule has 1 aromatic rings. The number of hydrogen-bond donors (Lipinski definition) is 0. The van der Waals surface area contributed by atoms with Crippen molar-refractivity contribution in [3.63, 3.8) is 0 Å². The van der Waals surface area contributed by atoms with Gasteiger partial charge in [-0.25, -0.2) is 14.8 Å². The van der Waals surface area contributed by atoms with Crippen LogP contribution in [0.25, 0.3) is 0 Å². The monoisotopic (exact) mass is 318 g/mol. The highest BCUT2D eigenvalue weighted by molar-refractivity contribution is 6.06. The van der Waals surface area contributed by atoms with Crippen LogP contribution in [0.2, 0.25) is 0 Å². The molecule has 1 spiro atoms. The summed E-state index contributed by atoms with van der Waals surface area (Å²) in [4.78, 5) is 40.3. The van der Waals surface area contributed by atoms with Gasteiger partial charge in [0.1, 0.15) is 5.54 Å². The van der Waals surface area contributed by atoms with Gasteiger partial charge in [0.2, 0.25) is 0 Å². The number of nitrogens with zero attached hydrogens (tertiary/aromatic N) is 6. The Hall–Kier alpha value is -2.38. The first-order valence-corrected chi connectivity index (χ1v) is 7.68. The summed E-state index contributed by atoms with van der Waals surface area (Å²) in [5.41, 5.74) is -0.706. The molecule has 0 bridgehead atoms. The van der Waals surface area contributed by atoms with Gasteiger partial charge >= 0.3 is 6.03 Å². The molecule has 2 fully saturated rings. The Morgan fingerprint density at radius 2 is 1.70 bits per heavy atom. The van der Waals surface area contributed by atoms with Crippen molar-refractivity contribution in [2.45, 2.75) is 18.4 Å². The molecule has 0 radical (unpaired) electrons. The van der Waals surface area contributed by atoms with Gasteiger partial charge in [0.25, 0.3) is 5.91 Å². The summed E-state index contributed by atoms with van der Waals surface area (Å²) in [7, 11) is 7.13. The van der Waals surface area contributed by atoms with Gasteiger partial charge in [-0.2, -0.15) is 0 Å². The molecule has 3 rings (SSSR count). The van der Waals surface area contributed by atoms with Gasteiger partial charge in [0.05, 0.1) is 0 Å². The Bertz CT molecular complexity index is 639. The van der Waals surface area contributed by atoms with Crippen LogP contribution in [0, 0.1) is 0 Å². The average Bonchev–Trinajstić information content (AvgIpc) is 2.72. The van der Waals surface area contributed by atoms with E-state index in [4.69, 9.17) is 0 Å². The quantitative estimate of drug-likeness (QED) is 0.735. The minimum Gasteiger partial charge on any atom is -0.360 e. The summed E-state index contributed by atoms with van der Waals surface area (Å²) >= 11 is 0. The van der Waals surface area contributed by atoms with Crippen LogP contribution in [0.3, 0.4) is 0 Å².